The molecule has 3 fully saturated rings. The van der Waals surface area contributed by atoms with Crippen molar-refractivity contribution in [2.24, 2.45) is 61.6 Å². The predicted octanol–water partition coefficient (Wildman–Crippen LogP) is 12.8. The minimum atomic E-state index is 0.504. The molecule has 222 valence electrons. The van der Waals surface area contributed by atoms with Crippen LogP contribution in [0, 0.1) is 61.6 Å². The third kappa shape index (κ3) is 14.8. The Morgan fingerprint density at radius 3 is 1.00 bits per heavy atom. The minimum absolute atomic E-state index is 0.504. The summed E-state index contributed by atoms with van der Waals surface area (Å²) in [6.07, 6.45) is 11.5. The molecule has 0 spiro atoms. The van der Waals surface area contributed by atoms with Crippen LogP contribution in [-0.4, -0.2) is 0 Å². The Balaban J connectivity index is 0.000000278. The first-order valence-electron chi connectivity index (χ1n) is 16.0. The van der Waals surface area contributed by atoms with Gasteiger partial charge in [0.25, 0.3) is 0 Å². The molecule has 0 radical (unpaired) electrons. The molecule has 0 heteroatoms. The van der Waals surface area contributed by atoms with Crippen LogP contribution in [0.4, 0.5) is 0 Å². The molecule has 0 amide bonds. The molecule has 4 unspecified atom stereocenters. The van der Waals surface area contributed by atoms with Crippen LogP contribution >= 0.6 is 0 Å². The summed E-state index contributed by atoms with van der Waals surface area (Å²) in [7, 11) is 0. The molecule has 0 aromatic carbocycles. The van der Waals surface area contributed by atoms with Gasteiger partial charge in [0.1, 0.15) is 0 Å². The maximum absolute atomic E-state index is 2.39. The smallest absolute Gasteiger partial charge is 0.0243 e. The van der Waals surface area contributed by atoms with Crippen molar-refractivity contribution in [3.8, 4) is 0 Å². The van der Waals surface area contributed by atoms with E-state index in [1.165, 1.54) is 51.4 Å². The van der Waals surface area contributed by atoms with E-state index >= 15 is 0 Å². The molecule has 0 nitrogen and oxygen atoms in total. The van der Waals surface area contributed by atoms with Crippen LogP contribution in [0.1, 0.15) is 176 Å². The number of hydrogen-bond donors (Lipinski definition) is 0. The van der Waals surface area contributed by atoms with Gasteiger partial charge in [0.15, 0.2) is 0 Å². The van der Waals surface area contributed by atoms with Gasteiger partial charge in [-0.05, 0) is 113 Å². The van der Waals surface area contributed by atoms with E-state index in [0.29, 0.717) is 37.9 Å². The van der Waals surface area contributed by atoms with Gasteiger partial charge in [0.2, 0.25) is 0 Å². The summed E-state index contributed by atoms with van der Waals surface area (Å²) >= 11 is 0. The van der Waals surface area contributed by atoms with E-state index in [1.54, 1.807) is 0 Å². The second-order valence-corrected chi connectivity index (χ2v) is 20.8. The fourth-order valence-electron chi connectivity index (χ4n) is 7.06. The number of hydrogen-bond acceptors (Lipinski definition) is 0. The van der Waals surface area contributed by atoms with Crippen molar-refractivity contribution in [1.82, 2.24) is 0 Å². The third-order valence-electron chi connectivity index (χ3n) is 9.04. The highest BCUT2D eigenvalue weighted by Crippen LogP contribution is 2.63. The van der Waals surface area contributed by atoms with E-state index < -0.39 is 0 Å². The summed E-state index contributed by atoms with van der Waals surface area (Å²) in [6.45, 7) is 42.6. The van der Waals surface area contributed by atoms with Crippen LogP contribution in [0.5, 0.6) is 0 Å². The standard InChI is InChI=1S/C13H26.2C12H24/c1-12(2,3)8-10-7-11(10)9-13(4,5)6;1-11(2,3)8-9-7-10(9)12(4,5)6;1-10(2,3)9-12(7-8-12)11(4,5)6/h10-11H,7-9H2,1-6H3;9-10H,7-8H2,1-6H3;7-9H2,1-6H3. The Morgan fingerprint density at radius 2 is 0.811 bits per heavy atom. The predicted molar refractivity (Wildman–Crippen MR) is 170 cm³/mol. The monoisotopic (exact) mass is 519 g/mol. The maximum Gasteiger partial charge on any atom is -0.0243 e. The highest BCUT2D eigenvalue weighted by molar-refractivity contribution is 5.03. The van der Waals surface area contributed by atoms with Crippen LogP contribution in [-0.2, 0) is 0 Å². The van der Waals surface area contributed by atoms with Gasteiger partial charge in [-0.2, -0.15) is 0 Å². The van der Waals surface area contributed by atoms with Crippen LogP contribution in [0.25, 0.3) is 0 Å². The van der Waals surface area contributed by atoms with Gasteiger partial charge in [0.05, 0.1) is 0 Å². The topological polar surface area (TPSA) is 0 Å². The summed E-state index contributed by atoms with van der Waals surface area (Å²) in [5.41, 5.74) is 3.85. The van der Waals surface area contributed by atoms with E-state index in [4.69, 9.17) is 0 Å². The summed E-state index contributed by atoms with van der Waals surface area (Å²) in [4.78, 5) is 0. The molecule has 3 rings (SSSR count). The summed E-state index contributed by atoms with van der Waals surface area (Å²) in [5, 5.41) is 0. The molecular formula is C37H74. The highest BCUT2D eigenvalue weighted by atomic mass is 14.6. The SMILES string of the molecule is CC(C)(C)CC1(C(C)(C)C)CC1.CC(C)(C)CC1CC1C(C)(C)C.CC(C)(C)CC1CC1CC(C)(C)C. The van der Waals surface area contributed by atoms with Gasteiger partial charge < -0.3 is 0 Å². The van der Waals surface area contributed by atoms with Gasteiger partial charge in [-0.15, -0.1) is 0 Å². The van der Waals surface area contributed by atoms with Gasteiger partial charge in [-0.25, -0.2) is 0 Å². The average Bonchev–Trinajstić information content (AvgIpc) is 3.40. The Morgan fingerprint density at radius 1 is 0.459 bits per heavy atom. The van der Waals surface area contributed by atoms with Crippen molar-refractivity contribution < 1.29 is 0 Å². The zero-order chi connectivity index (χ0) is 29.5. The van der Waals surface area contributed by atoms with E-state index in [-0.39, 0.29) is 0 Å². The van der Waals surface area contributed by atoms with E-state index in [9.17, 15) is 0 Å². The Labute approximate surface area is 237 Å². The van der Waals surface area contributed by atoms with Crippen LogP contribution < -0.4 is 0 Å². The average molecular weight is 519 g/mol. The van der Waals surface area contributed by atoms with Crippen molar-refractivity contribution >= 4 is 0 Å². The van der Waals surface area contributed by atoms with Crippen molar-refractivity contribution in [2.75, 3.05) is 0 Å². The van der Waals surface area contributed by atoms with Crippen LogP contribution in [0.3, 0.4) is 0 Å². The Kier molecular flexibility index (Phi) is 10.9. The summed E-state index contributed by atoms with van der Waals surface area (Å²) < 4.78 is 0. The van der Waals surface area contributed by atoms with E-state index in [1.807, 2.05) is 0 Å². The first kappa shape index (κ1) is 35.0. The van der Waals surface area contributed by atoms with Gasteiger partial charge in [0, 0.05) is 0 Å². The fourth-order valence-corrected chi connectivity index (χ4v) is 7.06. The zero-order valence-corrected chi connectivity index (χ0v) is 29.5. The van der Waals surface area contributed by atoms with Crippen LogP contribution in [0.2, 0.25) is 0 Å². The fraction of sp³-hybridized carbons (Fsp3) is 1.00. The molecule has 0 aromatic heterocycles. The number of rotatable bonds is 4. The highest BCUT2D eigenvalue weighted by Gasteiger charge is 2.53. The van der Waals surface area contributed by atoms with Crippen LogP contribution in [0.15, 0.2) is 0 Å². The third-order valence-corrected chi connectivity index (χ3v) is 9.04. The summed E-state index contributed by atoms with van der Waals surface area (Å²) in [6, 6.07) is 0. The van der Waals surface area contributed by atoms with Crippen molar-refractivity contribution in [1.29, 1.82) is 0 Å². The second kappa shape index (κ2) is 11.5. The van der Waals surface area contributed by atoms with Crippen molar-refractivity contribution in [3.05, 3.63) is 0 Å². The molecule has 0 heterocycles. The zero-order valence-electron chi connectivity index (χ0n) is 29.5. The Hall–Kier alpha value is 0. The lowest BCUT2D eigenvalue weighted by atomic mass is 9.69. The largest absolute Gasteiger partial charge is 0.0602 e. The van der Waals surface area contributed by atoms with Crippen molar-refractivity contribution in [2.45, 2.75) is 176 Å². The summed E-state index contributed by atoms with van der Waals surface area (Å²) in [5.74, 6) is 4.10. The normalized spacial score (nSPS) is 27.4. The second-order valence-electron chi connectivity index (χ2n) is 20.8. The van der Waals surface area contributed by atoms with Gasteiger partial charge >= 0.3 is 0 Å². The first-order valence-corrected chi connectivity index (χ1v) is 16.0. The molecule has 3 saturated carbocycles. The lowest BCUT2D eigenvalue weighted by Crippen LogP contribution is -2.26. The van der Waals surface area contributed by atoms with Gasteiger partial charge in [-0.3, -0.25) is 0 Å². The molecule has 37 heavy (non-hydrogen) atoms. The lowest BCUT2D eigenvalue weighted by molar-refractivity contribution is 0.141. The lowest BCUT2D eigenvalue weighted by Gasteiger charge is -2.36. The molecule has 0 aliphatic heterocycles. The van der Waals surface area contributed by atoms with E-state index in [0.717, 1.165) is 23.7 Å². The molecule has 0 saturated heterocycles. The molecule has 3 aliphatic rings. The Bertz CT molecular complexity index is 655. The molecule has 0 N–H and O–H groups in total. The molecule has 3 aliphatic carbocycles. The minimum Gasteiger partial charge on any atom is -0.0602 e. The molecule has 0 aromatic rings. The molecule has 0 bridgehead atoms. The first-order chi connectivity index (χ1) is 16.0. The molecular weight excluding hydrogens is 444 g/mol. The quantitative estimate of drug-likeness (QED) is 0.347. The van der Waals surface area contributed by atoms with Gasteiger partial charge in [-0.1, -0.05) is 125 Å². The van der Waals surface area contributed by atoms with Crippen molar-refractivity contribution in [3.63, 3.8) is 0 Å². The molecule has 4 atom stereocenters. The van der Waals surface area contributed by atoms with E-state index in [2.05, 4.69) is 125 Å². The maximum atomic E-state index is 2.39.